The van der Waals surface area contributed by atoms with Crippen LogP contribution in [0.4, 0.5) is 0 Å². The first-order valence-corrected chi connectivity index (χ1v) is 8.44. The Hall–Kier alpha value is -0.0800. The van der Waals surface area contributed by atoms with E-state index in [1.807, 2.05) is 0 Å². The zero-order valence-electron chi connectivity index (χ0n) is 13.5. The standard InChI is InChI=1S/C17H34N2/c1-14(2)11-19(16-7-5-6-8-16)13-17(3,4)12-18-15-9-10-15/h14-16,18H,5-13H2,1-4H3. The number of nitrogens with one attached hydrogen (secondary N) is 1. The van der Waals surface area contributed by atoms with Crippen LogP contribution in [0.1, 0.15) is 66.2 Å². The van der Waals surface area contributed by atoms with Gasteiger partial charge in [-0.25, -0.2) is 0 Å². The molecule has 2 rings (SSSR count). The Morgan fingerprint density at radius 2 is 1.74 bits per heavy atom. The average molecular weight is 266 g/mol. The Morgan fingerprint density at radius 1 is 1.11 bits per heavy atom. The van der Waals surface area contributed by atoms with Gasteiger partial charge in [0.25, 0.3) is 0 Å². The van der Waals surface area contributed by atoms with Crippen molar-refractivity contribution < 1.29 is 0 Å². The van der Waals surface area contributed by atoms with Crippen LogP contribution in [0.3, 0.4) is 0 Å². The van der Waals surface area contributed by atoms with E-state index >= 15 is 0 Å². The predicted molar refractivity (Wildman–Crippen MR) is 83.5 cm³/mol. The topological polar surface area (TPSA) is 15.3 Å². The highest BCUT2D eigenvalue weighted by atomic mass is 15.2. The van der Waals surface area contributed by atoms with E-state index < -0.39 is 0 Å². The molecule has 2 aliphatic carbocycles. The van der Waals surface area contributed by atoms with Gasteiger partial charge in [0.15, 0.2) is 0 Å². The fourth-order valence-electron chi connectivity index (χ4n) is 3.39. The molecule has 0 atom stereocenters. The van der Waals surface area contributed by atoms with Gasteiger partial charge in [-0.05, 0) is 37.0 Å². The molecule has 2 aliphatic rings. The maximum atomic E-state index is 3.72. The molecule has 2 fully saturated rings. The second-order valence-electron chi connectivity index (χ2n) is 8.08. The number of hydrogen-bond acceptors (Lipinski definition) is 2. The fraction of sp³-hybridized carbons (Fsp3) is 1.00. The maximum Gasteiger partial charge on any atom is 0.00956 e. The normalized spacial score (nSPS) is 21.8. The van der Waals surface area contributed by atoms with Gasteiger partial charge in [-0.1, -0.05) is 40.5 Å². The minimum atomic E-state index is 0.403. The van der Waals surface area contributed by atoms with E-state index in [9.17, 15) is 0 Å². The zero-order chi connectivity index (χ0) is 13.9. The summed E-state index contributed by atoms with van der Waals surface area (Å²) in [5.74, 6) is 0.785. The Bertz CT molecular complexity index is 262. The molecular weight excluding hydrogens is 232 g/mol. The predicted octanol–water partition coefficient (Wildman–Crippen LogP) is 3.67. The van der Waals surface area contributed by atoms with Crippen LogP contribution in [0, 0.1) is 11.3 Å². The summed E-state index contributed by atoms with van der Waals surface area (Å²) >= 11 is 0. The lowest BCUT2D eigenvalue weighted by molar-refractivity contribution is 0.114. The minimum Gasteiger partial charge on any atom is -0.313 e. The van der Waals surface area contributed by atoms with Crippen molar-refractivity contribution >= 4 is 0 Å². The van der Waals surface area contributed by atoms with Crippen LogP contribution in [0.2, 0.25) is 0 Å². The smallest absolute Gasteiger partial charge is 0.00956 e. The largest absolute Gasteiger partial charge is 0.313 e. The third-order valence-electron chi connectivity index (χ3n) is 4.52. The molecule has 112 valence electrons. The Kier molecular flexibility index (Phi) is 5.30. The molecule has 1 N–H and O–H groups in total. The highest BCUT2D eigenvalue weighted by Gasteiger charge is 2.30. The van der Waals surface area contributed by atoms with Crippen molar-refractivity contribution in [2.45, 2.75) is 78.3 Å². The van der Waals surface area contributed by atoms with Crippen LogP contribution in [-0.2, 0) is 0 Å². The molecule has 19 heavy (non-hydrogen) atoms. The molecule has 2 saturated carbocycles. The molecule has 0 spiro atoms. The first-order chi connectivity index (χ1) is 8.96. The van der Waals surface area contributed by atoms with Crippen LogP contribution in [0.25, 0.3) is 0 Å². The van der Waals surface area contributed by atoms with Crippen molar-refractivity contribution in [3.8, 4) is 0 Å². The summed E-state index contributed by atoms with van der Waals surface area (Å²) in [5, 5.41) is 3.72. The van der Waals surface area contributed by atoms with Gasteiger partial charge in [-0.3, -0.25) is 4.90 Å². The third-order valence-corrected chi connectivity index (χ3v) is 4.52. The molecule has 0 aromatic heterocycles. The second-order valence-corrected chi connectivity index (χ2v) is 8.08. The molecule has 2 nitrogen and oxygen atoms in total. The van der Waals surface area contributed by atoms with Crippen LogP contribution < -0.4 is 5.32 Å². The van der Waals surface area contributed by atoms with Crippen LogP contribution >= 0.6 is 0 Å². The summed E-state index contributed by atoms with van der Waals surface area (Å²) < 4.78 is 0. The van der Waals surface area contributed by atoms with Gasteiger partial charge < -0.3 is 5.32 Å². The number of hydrogen-bond donors (Lipinski definition) is 1. The van der Waals surface area contributed by atoms with Crippen LogP contribution in [-0.4, -0.2) is 36.6 Å². The van der Waals surface area contributed by atoms with E-state index in [-0.39, 0.29) is 0 Å². The summed E-state index contributed by atoms with van der Waals surface area (Å²) in [6, 6.07) is 1.70. The van der Waals surface area contributed by atoms with Crippen LogP contribution in [0.5, 0.6) is 0 Å². The van der Waals surface area contributed by atoms with Gasteiger partial charge in [-0.2, -0.15) is 0 Å². The van der Waals surface area contributed by atoms with E-state index in [1.165, 1.54) is 58.2 Å². The molecule has 0 aliphatic heterocycles. The highest BCUT2D eigenvalue weighted by molar-refractivity contribution is 4.87. The average Bonchev–Trinajstić information content (AvgIpc) is 2.98. The molecule has 0 saturated heterocycles. The Morgan fingerprint density at radius 3 is 2.26 bits per heavy atom. The molecule has 0 aromatic carbocycles. The molecule has 0 unspecified atom stereocenters. The van der Waals surface area contributed by atoms with Crippen molar-refractivity contribution in [3.63, 3.8) is 0 Å². The zero-order valence-corrected chi connectivity index (χ0v) is 13.5. The van der Waals surface area contributed by atoms with Crippen molar-refractivity contribution in [1.29, 1.82) is 0 Å². The van der Waals surface area contributed by atoms with E-state index in [0.29, 0.717) is 5.41 Å². The maximum absolute atomic E-state index is 3.72. The van der Waals surface area contributed by atoms with Gasteiger partial charge in [0.1, 0.15) is 0 Å². The molecule has 0 heterocycles. The lowest BCUT2D eigenvalue weighted by Crippen LogP contribution is -2.46. The van der Waals surface area contributed by atoms with Gasteiger partial charge in [0.05, 0.1) is 0 Å². The van der Waals surface area contributed by atoms with E-state index in [1.54, 1.807) is 0 Å². The Labute approximate surface area is 120 Å². The van der Waals surface area contributed by atoms with Crippen molar-refractivity contribution in [3.05, 3.63) is 0 Å². The lowest BCUT2D eigenvalue weighted by atomic mass is 9.91. The number of rotatable bonds is 8. The first-order valence-electron chi connectivity index (χ1n) is 8.44. The first kappa shape index (κ1) is 15.3. The SMILES string of the molecule is CC(C)CN(CC(C)(C)CNC1CC1)C1CCCC1. The molecule has 0 radical (unpaired) electrons. The monoisotopic (exact) mass is 266 g/mol. The third kappa shape index (κ3) is 5.43. The summed E-state index contributed by atoms with van der Waals surface area (Å²) in [6.45, 7) is 13.3. The summed E-state index contributed by atoms with van der Waals surface area (Å²) in [5.41, 5.74) is 0.403. The van der Waals surface area contributed by atoms with E-state index in [2.05, 4.69) is 37.9 Å². The van der Waals surface area contributed by atoms with E-state index in [0.717, 1.165) is 18.0 Å². The van der Waals surface area contributed by atoms with Gasteiger partial charge in [-0.15, -0.1) is 0 Å². The fourth-order valence-corrected chi connectivity index (χ4v) is 3.39. The summed E-state index contributed by atoms with van der Waals surface area (Å²) in [6.07, 6.45) is 8.54. The second kappa shape index (κ2) is 6.58. The quantitative estimate of drug-likeness (QED) is 0.721. The molecular formula is C17H34N2. The molecule has 0 amide bonds. The number of nitrogens with zero attached hydrogens (tertiary/aromatic N) is 1. The lowest BCUT2D eigenvalue weighted by Gasteiger charge is -2.37. The van der Waals surface area contributed by atoms with Crippen LogP contribution in [0.15, 0.2) is 0 Å². The molecule has 0 aromatic rings. The highest BCUT2D eigenvalue weighted by Crippen LogP contribution is 2.28. The van der Waals surface area contributed by atoms with Gasteiger partial charge >= 0.3 is 0 Å². The van der Waals surface area contributed by atoms with Crippen molar-refractivity contribution in [2.75, 3.05) is 19.6 Å². The summed E-state index contributed by atoms with van der Waals surface area (Å²) in [4.78, 5) is 2.80. The van der Waals surface area contributed by atoms with Gasteiger partial charge in [0.2, 0.25) is 0 Å². The van der Waals surface area contributed by atoms with Gasteiger partial charge in [0, 0.05) is 31.7 Å². The summed E-state index contributed by atoms with van der Waals surface area (Å²) in [7, 11) is 0. The van der Waals surface area contributed by atoms with E-state index in [4.69, 9.17) is 0 Å². The van der Waals surface area contributed by atoms with Crippen molar-refractivity contribution in [1.82, 2.24) is 10.2 Å². The Balaban J connectivity index is 1.84. The molecule has 2 heteroatoms. The molecule has 0 bridgehead atoms. The minimum absolute atomic E-state index is 0.403. The van der Waals surface area contributed by atoms with Crippen molar-refractivity contribution in [2.24, 2.45) is 11.3 Å².